The van der Waals surface area contributed by atoms with Gasteiger partial charge in [0.2, 0.25) is 10.0 Å². The van der Waals surface area contributed by atoms with Crippen molar-refractivity contribution in [3.8, 4) is 0 Å². The fourth-order valence-corrected chi connectivity index (χ4v) is 3.40. The summed E-state index contributed by atoms with van der Waals surface area (Å²) in [4.78, 5) is -0.903. The second kappa shape index (κ2) is 5.49. The monoisotopic (exact) mass is 322 g/mol. The smallest absolute Gasteiger partial charge is 0.382 e. The topological polar surface area (TPSA) is 72.2 Å². The van der Waals surface area contributed by atoms with E-state index in [9.17, 15) is 21.6 Å². The summed E-state index contributed by atoms with van der Waals surface area (Å²) in [6, 6.07) is 3.14. The number of hydrogen-bond acceptors (Lipinski definition) is 3. The summed E-state index contributed by atoms with van der Waals surface area (Å²) in [5.41, 5.74) is -0.978. The molecule has 0 aliphatic heterocycles. The minimum absolute atomic E-state index is 0.103. The normalized spacial score (nSPS) is 23.3. The van der Waals surface area contributed by atoms with Crippen LogP contribution in [0.5, 0.6) is 0 Å². The predicted octanol–water partition coefficient (Wildman–Crippen LogP) is 2.95. The van der Waals surface area contributed by atoms with Gasteiger partial charge in [0.15, 0.2) is 0 Å². The second-order valence-electron chi connectivity index (χ2n) is 5.41. The number of benzene rings is 1. The predicted molar refractivity (Wildman–Crippen MR) is 73.2 cm³/mol. The molecule has 1 aliphatic carbocycles. The highest BCUT2D eigenvalue weighted by Gasteiger charge is 2.37. The number of rotatable bonds is 3. The molecule has 21 heavy (non-hydrogen) atoms. The maximum atomic E-state index is 13.0. The van der Waals surface area contributed by atoms with E-state index >= 15 is 0 Å². The molecular weight excluding hydrogens is 305 g/mol. The molecule has 0 amide bonds. The molecule has 0 bridgehead atoms. The Bertz CT molecular complexity index is 629. The highest BCUT2D eigenvalue weighted by molar-refractivity contribution is 7.89. The van der Waals surface area contributed by atoms with Crippen molar-refractivity contribution in [3.63, 3.8) is 0 Å². The molecule has 118 valence electrons. The molecule has 8 heteroatoms. The van der Waals surface area contributed by atoms with Crippen molar-refractivity contribution in [1.82, 2.24) is 0 Å². The first kappa shape index (κ1) is 16.1. The molecule has 0 radical (unpaired) electrons. The Hall–Kier alpha value is -1.28. The van der Waals surface area contributed by atoms with E-state index in [0.717, 1.165) is 31.4 Å². The lowest BCUT2D eigenvalue weighted by atomic mass is 10.1. The molecule has 1 aromatic rings. The van der Waals surface area contributed by atoms with Gasteiger partial charge in [-0.15, -0.1) is 0 Å². The fraction of sp³-hybridized carbons (Fsp3) is 0.538. The summed E-state index contributed by atoms with van der Waals surface area (Å²) < 4.78 is 61.5. The molecule has 1 saturated carbocycles. The second-order valence-corrected chi connectivity index (χ2v) is 6.94. The van der Waals surface area contributed by atoms with Gasteiger partial charge < -0.3 is 5.32 Å². The van der Waals surface area contributed by atoms with E-state index in [-0.39, 0.29) is 11.7 Å². The Morgan fingerprint density at radius 3 is 2.43 bits per heavy atom. The van der Waals surface area contributed by atoms with Gasteiger partial charge in [0.25, 0.3) is 0 Å². The minimum atomic E-state index is -4.78. The Labute approximate surface area is 121 Å². The number of halogens is 3. The zero-order valence-electron chi connectivity index (χ0n) is 11.4. The highest BCUT2D eigenvalue weighted by atomic mass is 32.2. The summed E-state index contributed by atoms with van der Waals surface area (Å²) >= 11 is 0. The first-order valence-electron chi connectivity index (χ1n) is 6.59. The van der Waals surface area contributed by atoms with Crippen LogP contribution in [0.1, 0.15) is 31.7 Å². The van der Waals surface area contributed by atoms with Crippen molar-refractivity contribution in [2.75, 3.05) is 5.32 Å². The zero-order chi connectivity index (χ0) is 15.8. The third-order valence-electron chi connectivity index (χ3n) is 3.81. The number of nitrogens with one attached hydrogen (secondary N) is 1. The van der Waals surface area contributed by atoms with E-state index < -0.39 is 26.7 Å². The Morgan fingerprint density at radius 2 is 1.95 bits per heavy atom. The third kappa shape index (κ3) is 3.68. The first-order chi connectivity index (χ1) is 9.59. The molecule has 1 aromatic carbocycles. The summed E-state index contributed by atoms with van der Waals surface area (Å²) in [5.74, 6) is 0.372. The molecule has 2 atom stereocenters. The van der Waals surface area contributed by atoms with Gasteiger partial charge in [-0.3, -0.25) is 0 Å². The Balaban J connectivity index is 2.38. The molecule has 3 N–H and O–H groups in total. The summed E-state index contributed by atoms with van der Waals surface area (Å²) in [6.07, 6.45) is -1.83. The van der Waals surface area contributed by atoms with Crippen molar-refractivity contribution in [2.45, 2.75) is 43.3 Å². The largest absolute Gasteiger partial charge is 0.417 e. The number of sulfonamides is 1. The van der Waals surface area contributed by atoms with Crippen molar-refractivity contribution in [2.24, 2.45) is 11.1 Å². The average molecular weight is 322 g/mol. The zero-order valence-corrected chi connectivity index (χ0v) is 12.3. The van der Waals surface area contributed by atoms with Gasteiger partial charge in [-0.25, -0.2) is 13.6 Å². The quantitative estimate of drug-likeness (QED) is 0.898. The molecule has 2 unspecified atom stereocenters. The molecule has 1 aliphatic rings. The number of hydrogen-bond donors (Lipinski definition) is 2. The van der Waals surface area contributed by atoms with Gasteiger partial charge in [-0.05, 0) is 37.0 Å². The van der Waals surface area contributed by atoms with Gasteiger partial charge in [0, 0.05) is 11.7 Å². The van der Waals surface area contributed by atoms with Crippen LogP contribution >= 0.6 is 0 Å². The molecule has 0 saturated heterocycles. The average Bonchev–Trinajstić information content (AvgIpc) is 2.72. The standard InChI is InChI=1S/C13H17F3N2O2S/c1-8-3-2-4-11(8)18-9-5-6-12(21(17,19)20)10(7-9)13(14,15)16/h5-8,11,18H,2-4H2,1H3,(H2,17,19,20). The van der Waals surface area contributed by atoms with Crippen LogP contribution in [0.15, 0.2) is 23.1 Å². The molecule has 2 rings (SSSR count). The fourth-order valence-electron chi connectivity index (χ4n) is 2.66. The first-order valence-corrected chi connectivity index (χ1v) is 8.14. The SMILES string of the molecule is CC1CCCC1Nc1ccc(S(N)(=O)=O)c(C(F)(F)F)c1. The van der Waals surface area contributed by atoms with E-state index in [2.05, 4.69) is 5.32 Å². The number of anilines is 1. The van der Waals surface area contributed by atoms with Crippen LogP contribution in [0.2, 0.25) is 0 Å². The van der Waals surface area contributed by atoms with E-state index in [1.54, 1.807) is 0 Å². The summed E-state index contributed by atoms with van der Waals surface area (Å²) in [7, 11) is -4.42. The highest BCUT2D eigenvalue weighted by Crippen LogP contribution is 2.36. The van der Waals surface area contributed by atoms with E-state index in [1.807, 2.05) is 6.92 Å². The van der Waals surface area contributed by atoms with E-state index in [0.29, 0.717) is 5.92 Å². The van der Waals surface area contributed by atoms with Crippen LogP contribution in [0.4, 0.5) is 18.9 Å². The van der Waals surface area contributed by atoms with Gasteiger partial charge in [0.1, 0.15) is 0 Å². The molecule has 4 nitrogen and oxygen atoms in total. The van der Waals surface area contributed by atoms with Gasteiger partial charge >= 0.3 is 6.18 Å². The summed E-state index contributed by atoms with van der Waals surface area (Å²) in [5, 5.41) is 7.89. The Kier molecular flexibility index (Phi) is 4.21. The lowest BCUT2D eigenvalue weighted by Gasteiger charge is -2.20. The van der Waals surface area contributed by atoms with Crippen molar-refractivity contribution < 1.29 is 21.6 Å². The van der Waals surface area contributed by atoms with Crippen LogP contribution in [0.3, 0.4) is 0 Å². The third-order valence-corrected chi connectivity index (χ3v) is 4.77. The summed E-state index contributed by atoms with van der Waals surface area (Å²) in [6.45, 7) is 2.04. The molecular formula is C13H17F3N2O2S. The van der Waals surface area contributed by atoms with Crippen LogP contribution in [0, 0.1) is 5.92 Å². The molecule has 1 fully saturated rings. The van der Waals surface area contributed by atoms with Gasteiger partial charge in [0.05, 0.1) is 10.5 Å². The van der Waals surface area contributed by atoms with E-state index in [4.69, 9.17) is 5.14 Å². The van der Waals surface area contributed by atoms with Crippen molar-refractivity contribution in [1.29, 1.82) is 0 Å². The maximum absolute atomic E-state index is 13.0. The molecule has 0 heterocycles. The van der Waals surface area contributed by atoms with E-state index in [1.165, 1.54) is 6.07 Å². The minimum Gasteiger partial charge on any atom is -0.382 e. The molecule has 0 spiro atoms. The lowest BCUT2D eigenvalue weighted by Crippen LogP contribution is -2.23. The van der Waals surface area contributed by atoms with Gasteiger partial charge in [-0.1, -0.05) is 13.3 Å². The lowest BCUT2D eigenvalue weighted by molar-refractivity contribution is -0.139. The van der Waals surface area contributed by atoms with Crippen LogP contribution < -0.4 is 10.5 Å². The van der Waals surface area contributed by atoms with Crippen LogP contribution in [-0.2, 0) is 16.2 Å². The van der Waals surface area contributed by atoms with Gasteiger partial charge in [-0.2, -0.15) is 13.2 Å². The number of nitrogens with two attached hydrogens (primary N) is 1. The maximum Gasteiger partial charge on any atom is 0.417 e. The van der Waals surface area contributed by atoms with Crippen molar-refractivity contribution >= 4 is 15.7 Å². The molecule has 0 aromatic heterocycles. The van der Waals surface area contributed by atoms with Crippen LogP contribution in [-0.4, -0.2) is 14.5 Å². The Morgan fingerprint density at radius 1 is 1.29 bits per heavy atom. The van der Waals surface area contributed by atoms with Crippen LogP contribution in [0.25, 0.3) is 0 Å². The van der Waals surface area contributed by atoms with Crippen molar-refractivity contribution in [3.05, 3.63) is 23.8 Å². The number of alkyl halides is 3. The number of primary sulfonamides is 1.